The maximum Gasteiger partial charge on any atom is 0.282 e. The number of fused-ring (bicyclic) bond motifs is 1. The lowest BCUT2D eigenvalue weighted by Crippen LogP contribution is -2.54. The lowest BCUT2D eigenvalue weighted by Gasteiger charge is -2.36. The zero-order chi connectivity index (χ0) is 24.2. The molecule has 3 rings (SSSR count). The van der Waals surface area contributed by atoms with Crippen molar-refractivity contribution in [1.82, 2.24) is 23.1 Å². The van der Waals surface area contributed by atoms with Crippen molar-refractivity contribution < 1.29 is 17.9 Å². The van der Waals surface area contributed by atoms with Gasteiger partial charge in [0.25, 0.3) is 21.7 Å². The SMILES string of the molecule is CCN(CC)S(=O)(=O)N1CCN(C(=O)c2ccc3c(=O)n(CCCOC)c(=S)[nH]c3c2)CC1. The Kier molecular flexibility index (Phi) is 8.40. The molecule has 1 aromatic carbocycles. The Balaban J connectivity index is 1.76. The van der Waals surface area contributed by atoms with E-state index in [0.717, 1.165) is 0 Å². The quantitative estimate of drug-likeness (QED) is 0.415. The fourth-order valence-electron chi connectivity index (χ4n) is 3.98. The Morgan fingerprint density at radius 2 is 1.85 bits per heavy atom. The van der Waals surface area contributed by atoms with Crippen LogP contribution in [0.3, 0.4) is 0 Å². The molecule has 1 amide bonds. The minimum absolute atomic E-state index is 0.208. The van der Waals surface area contributed by atoms with Gasteiger partial charge in [-0.05, 0) is 36.8 Å². The van der Waals surface area contributed by atoms with Crippen LogP contribution in [0.15, 0.2) is 23.0 Å². The average molecular weight is 498 g/mol. The molecule has 0 atom stereocenters. The van der Waals surface area contributed by atoms with E-state index >= 15 is 0 Å². The Morgan fingerprint density at radius 1 is 1.18 bits per heavy atom. The molecule has 1 aromatic heterocycles. The van der Waals surface area contributed by atoms with Gasteiger partial charge in [-0.2, -0.15) is 17.0 Å². The maximum absolute atomic E-state index is 13.1. The molecule has 0 spiro atoms. The van der Waals surface area contributed by atoms with Gasteiger partial charge in [-0.1, -0.05) is 13.8 Å². The third-order valence-corrected chi connectivity index (χ3v) is 8.35. The first-order valence-electron chi connectivity index (χ1n) is 11.0. The van der Waals surface area contributed by atoms with E-state index in [-0.39, 0.29) is 24.6 Å². The second-order valence-corrected chi connectivity index (χ2v) is 10.1. The van der Waals surface area contributed by atoms with E-state index in [1.54, 1.807) is 44.1 Å². The highest BCUT2D eigenvalue weighted by atomic mass is 32.2. The van der Waals surface area contributed by atoms with E-state index in [0.29, 0.717) is 67.0 Å². The Labute approximate surface area is 198 Å². The van der Waals surface area contributed by atoms with E-state index in [1.165, 1.54) is 13.2 Å². The van der Waals surface area contributed by atoms with Gasteiger partial charge in [0.05, 0.1) is 10.9 Å². The topological polar surface area (TPSA) is 108 Å². The van der Waals surface area contributed by atoms with Crippen molar-refractivity contribution >= 4 is 39.2 Å². The van der Waals surface area contributed by atoms with E-state index in [4.69, 9.17) is 17.0 Å². The van der Waals surface area contributed by atoms with Crippen LogP contribution in [0.4, 0.5) is 0 Å². The third-order valence-electron chi connectivity index (χ3n) is 5.84. The van der Waals surface area contributed by atoms with E-state index < -0.39 is 10.2 Å². The number of nitrogens with zero attached hydrogens (tertiary/aromatic N) is 4. The molecule has 0 saturated carbocycles. The van der Waals surface area contributed by atoms with Gasteiger partial charge in [-0.25, -0.2) is 0 Å². The second kappa shape index (κ2) is 10.9. The van der Waals surface area contributed by atoms with Gasteiger partial charge in [-0.15, -0.1) is 0 Å². The first-order chi connectivity index (χ1) is 15.7. The van der Waals surface area contributed by atoms with Crippen LogP contribution in [0.2, 0.25) is 0 Å². The maximum atomic E-state index is 13.1. The molecule has 0 radical (unpaired) electrons. The highest BCUT2D eigenvalue weighted by Crippen LogP contribution is 2.17. The number of rotatable bonds is 9. The number of H-pyrrole nitrogens is 1. The molecule has 33 heavy (non-hydrogen) atoms. The number of carbonyl (C=O) groups is 1. The summed E-state index contributed by atoms with van der Waals surface area (Å²) in [4.78, 5) is 30.6. The lowest BCUT2D eigenvalue weighted by molar-refractivity contribution is 0.0694. The number of aromatic nitrogens is 2. The van der Waals surface area contributed by atoms with Gasteiger partial charge in [0.2, 0.25) is 0 Å². The van der Waals surface area contributed by atoms with Crippen LogP contribution in [-0.2, 0) is 21.5 Å². The van der Waals surface area contributed by atoms with Gasteiger partial charge >= 0.3 is 0 Å². The number of nitrogens with one attached hydrogen (secondary N) is 1. The number of benzene rings is 1. The largest absolute Gasteiger partial charge is 0.385 e. The predicted molar refractivity (Wildman–Crippen MR) is 129 cm³/mol. The fraction of sp³-hybridized carbons (Fsp3) is 0.571. The number of aromatic amines is 1. The summed E-state index contributed by atoms with van der Waals surface area (Å²) >= 11 is 5.34. The fourth-order valence-corrected chi connectivity index (χ4v) is 5.86. The minimum atomic E-state index is -3.52. The Hall–Kier alpha value is -2.12. The van der Waals surface area contributed by atoms with Crippen molar-refractivity contribution in [3.05, 3.63) is 38.9 Å². The third kappa shape index (κ3) is 5.35. The summed E-state index contributed by atoms with van der Waals surface area (Å²) < 4.78 is 35.1. The first-order valence-corrected chi connectivity index (χ1v) is 12.8. The van der Waals surface area contributed by atoms with Crippen molar-refractivity contribution in [1.29, 1.82) is 0 Å². The molecule has 0 aliphatic carbocycles. The molecule has 1 N–H and O–H groups in total. The summed E-state index contributed by atoms with van der Waals surface area (Å²) in [6.07, 6.45) is 0.659. The van der Waals surface area contributed by atoms with E-state index in [2.05, 4.69) is 4.98 Å². The van der Waals surface area contributed by atoms with E-state index in [1.807, 2.05) is 0 Å². The molecular weight excluding hydrogens is 466 g/mol. The molecule has 2 heterocycles. The molecule has 1 fully saturated rings. The van der Waals surface area contributed by atoms with Crippen molar-refractivity contribution in [2.24, 2.45) is 0 Å². The smallest absolute Gasteiger partial charge is 0.282 e. The molecule has 1 saturated heterocycles. The monoisotopic (exact) mass is 497 g/mol. The highest BCUT2D eigenvalue weighted by Gasteiger charge is 2.32. The summed E-state index contributed by atoms with van der Waals surface area (Å²) in [6, 6.07) is 4.89. The molecule has 0 unspecified atom stereocenters. The molecule has 12 heteroatoms. The average Bonchev–Trinajstić information content (AvgIpc) is 2.81. The van der Waals surface area contributed by atoms with Crippen molar-refractivity contribution in [3.8, 4) is 0 Å². The molecule has 10 nitrogen and oxygen atoms in total. The summed E-state index contributed by atoms with van der Waals surface area (Å²) in [5.41, 5.74) is 0.713. The molecular formula is C21H31N5O5S2. The normalized spacial score (nSPS) is 15.5. The van der Waals surface area contributed by atoms with Crippen LogP contribution in [-0.4, -0.2) is 90.4 Å². The number of methoxy groups -OCH3 is 1. The van der Waals surface area contributed by atoms with Gasteiger partial charge in [0.1, 0.15) is 0 Å². The molecule has 1 aliphatic rings. The first kappa shape index (κ1) is 25.5. The van der Waals surface area contributed by atoms with Crippen molar-refractivity contribution in [2.75, 3.05) is 53.0 Å². The van der Waals surface area contributed by atoms with Crippen LogP contribution < -0.4 is 5.56 Å². The van der Waals surface area contributed by atoms with Crippen molar-refractivity contribution in [2.45, 2.75) is 26.8 Å². The van der Waals surface area contributed by atoms with E-state index in [9.17, 15) is 18.0 Å². The molecule has 1 aliphatic heterocycles. The minimum Gasteiger partial charge on any atom is -0.385 e. The number of amides is 1. The Bertz CT molecular complexity index is 1210. The van der Waals surface area contributed by atoms with Crippen LogP contribution in [0.5, 0.6) is 0 Å². The van der Waals surface area contributed by atoms with Gasteiger partial charge in [0.15, 0.2) is 4.77 Å². The number of hydrogen-bond donors (Lipinski definition) is 1. The molecule has 2 aromatic rings. The number of hydrogen-bond acceptors (Lipinski definition) is 6. The standard InChI is InChI=1S/C21H31N5O5S2/c1-4-24(5-2)33(29,30)25-12-10-23(11-13-25)19(27)16-7-8-17-18(15-16)22-21(32)26(20(17)28)9-6-14-31-3/h7-8,15H,4-6,9-14H2,1-3H3,(H,22,32). The molecule has 0 bridgehead atoms. The van der Waals surface area contributed by atoms with Gasteiger partial charge in [0, 0.05) is 65.1 Å². The number of carbonyl (C=O) groups excluding carboxylic acids is 1. The summed E-state index contributed by atoms with van der Waals surface area (Å²) in [5, 5.41) is 0.452. The van der Waals surface area contributed by atoms with Crippen molar-refractivity contribution in [3.63, 3.8) is 0 Å². The zero-order valence-corrected chi connectivity index (χ0v) is 20.9. The predicted octanol–water partition coefficient (Wildman–Crippen LogP) is 1.44. The van der Waals surface area contributed by atoms with Gasteiger partial charge in [-0.3, -0.25) is 14.2 Å². The summed E-state index contributed by atoms with van der Waals surface area (Å²) in [7, 11) is -1.92. The van der Waals surface area contributed by atoms with Gasteiger partial charge < -0.3 is 14.6 Å². The van der Waals surface area contributed by atoms with Crippen LogP contribution in [0.1, 0.15) is 30.6 Å². The van der Waals surface area contributed by atoms with Crippen LogP contribution in [0, 0.1) is 4.77 Å². The summed E-state index contributed by atoms with van der Waals surface area (Å²) in [6.45, 7) is 6.48. The lowest BCUT2D eigenvalue weighted by atomic mass is 10.1. The molecule has 182 valence electrons. The second-order valence-electron chi connectivity index (χ2n) is 7.78. The number of piperazine rings is 1. The zero-order valence-electron chi connectivity index (χ0n) is 19.2. The highest BCUT2D eigenvalue weighted by molar-refractivity contribution is 7.86. The van der Waals surface area contributed by atoms with Crippen LogP contribution >= 0.6 is 12.2 Å². The van der Waals surface area contributed by atoms with Crippen LogP contribution in [0.25, 0.3) is 10.9 Å². The Morgan fingerprint density at radius 3 is 2.45 bits per heavy atom. The summed E-state index contributed by atoms with van der Waals surface area (Å²) in [5.74, 6) is -0.208. The number of ether oxygens (including phenoxy) is 1.